The number of thiophene rings is 1. The van der Waals surface area contributed by atoms with E-state index in [0.29, 0.717) is 9.49 Å². The number of hydrogen-bond donors (Lipinski definition) is 3. The zero-order valence-corrected chi connectivity index (χ0v) is 13.2. The third-order valence-electron chi connectivity index (χ3n) is 2.71. The van der Waals surface area contributed by atoms with Gasteiger partial charge in [-0.25, -0.2) is 4.98 Å². The van der Waals surface area contributed by atoms with Crippen LogP contribution in [0.25, 0.3) is 0 Å². The molecule has 0 aliphatic heterocycles. The van der Waals surface area contributed by atoms with Crippen molar-refractivity contribution in [3.8, 4) is 0 Å². The maximum Gasteiger partial charge on any atom is 0.253 e. The average molecular weight is 331 g/mol. The van der Waals surface area contributed by atoms with E-state index >= 15 is 0 Å². The minimum Gasteiger partial charge on any atom is -0.383 e. The van der Waals surface area contributed by atoms with Crippen molar-refractivity contribution in [2.24, 2.45) is 5.73 Å². The van der Waals surface area contributed by atoms with Crippen molar-refractivity contribution in [2.45, 2.75) is 29.8 Å². The normalized spacial score (nSPS) is 14.2. The third-order valence-corrected chi connectivity index (χ3v) is 5.45. The fourth-order valence-corrected chi connectivity index (χ4v) is 4.21. The van der Waals surface area contributed by atoms with Gasteiger partial charge < -0.3 is 16.5 Å². The van der Waals surface area contributed by atoms with Crippen LogP contribution in [-0.4, -0.2) is 16.0 Å². The molecule has 2 atom stereocenters. The highest BCUT2D eigenvalue weighted by Gasteiger charge is 2.23. The molecule has 2 unspecified atom stereocenters. The molecule has 0 fully saturated rings. The van der Waals surface area contributed by atoms with Crippen LogP contribution >= 0.6 is 34.7 Å². The quantitative estimate of drug-likeness (QED) is 0.578. The Morgan fingerprint density at radius 3 is 2.85 bits per heavy atom. The molecule has 2 heterocycles. The average Bonchev–Trinajstić information content (AvgIpc) is 2.80. The molecule has 20 heavy (non-hydrogen) atoms. The van der Waals surface area contributed by atoms with Gasteiger partial charge in [0, 0.05) is 17.0 Å². The first-order valence-electron chi connectivity index (χ1n) is 6.04. The van der Waals surface area contributed by atoms with Gasteiger partial charge in [-0.3, -0.25) is 4.79 Å². The molecule has 0 radical (unpaired) electrons. The van der Waals surface area contributed by atoms with Gasteiger partial charge in [0.25, 0.3) is 5.56 Å². The lowest BCUT2D eigenvalue weighted by Crippen LogP contribution is -2.25. The Kier molecular flexibility index (Phi) is 5.09. The maximum atomic E-state index is 11.4. The van der Waals surface area contributed by atoms with Gasteiger partial charge in [0.05, 0.1) is 9.59 Å². The van der Waals surface area contributed by atoms with E-state index in [0.717, 1.165) is 11.3 Å². The number of aromatic amines is 1. The number of H-pyrrole nitrogens is 1. The van der Waals surface area contributed by atoms with Crippen LogP contribution in [0.2, 0.25) is 4.34 Å². The van der Waals surface area contributed by atoms with Gasteiger partial charge in [0.15, 0.2) is 5.16 Å². The van der Waals surface area contributed by atoms with Crippen LogP contribution in [0.15, 0.2) is 28.2 Å². The number of nitrogens with two attached hydrogens (primary N) is 2. The van der Waals surface area contributed by atoms with Crippen molar-refractivity contribution in [2.75, 3.05) is 5.73 Å². The van der Waals surface area contributed by atoms with Gasteiger partial charge in [-0.15, -0.1) is 11.3 Å². The first kappa shape index (κ1) is 15.4. The van der Waals surface area contributed by atoms with Crippen LogP contribution in [0.4, 0.5) is 5.82 Å². The summed E-state index contributed by atoms with van der Waals surface area (Å²) in [6.07, 6.45) is 0.805. The van der Waals surface area contributed by atoms with E-state index in [1.165, 1.54) is 29.2 Å². The van der Waals surface area contributed by atoms with Gasteiger partial charge >= 0.3 is 0 Å². The monoisotopic (exact) mass is 330 g/mol. The van der Waals surface area contributed by atoms with E-state index in [2.05, 4.69) is 9.97 Å². The van der Waals surface area contributed by atoms with Gasteiger partial charge in [-0.2, -0.15) is 0 Å². The lowest BCUT2D eigenvalue weighted by Gasteiger charge is -2.20. The van der Waals surface area contributed by atoms with Gasteiger partial charge in [0.1, 0.15) is 5.82 Å². The minimum absolute atomic E-state index is 0.0255. The van der Waals surface area contributed by atoms with E-state index in [9.17, 15) is 4.79 Å². The highest BCUT2D eigenvalue weighted by Crippen LogP contribution is 2.40. The van der Waals surface area contributed by atoms with E-state index in [1.54, 1.807) is 0 Å². The lowest BCUT2D eigenvalue weighted by atomic mass is 10.1. The largest absolute Gasteiger partial charge is 0.383 e. The van der Waals surface area contributed by atoms with Crippen molar-refractivity contribution in [1.29, 1.82) is 0 Å². The molecule has 0 saturated carbocycles. The second-order valence-corrected chi connectivity index (χ2v) is 7.10. The number of halogens is 1. The second kappa shape index (κ2) is 6.62. The number of nitrogen functional groups attached to an aromatic ring is 1. The molecule has 2 aromatic heterocycles. The highest BCUT2D eigenvalue weighted by atomic mass is 35.5. The van der Waals surface area contributed by atoms with Gasteiger partial charge in [-0.1, -0.05) is 30.3 Å². The third kappa shape index (κ3) is 3.76. The summed E-state index contributed by atoms with van der Waals surface area (Å²) in [5.41, 5.74) is 11.5. The predicted octanol–water partition coefficient (Wildman–Crippen LogP) is 2.64. The number of aromatic nitrogens is 2. The Balaban J connectivity index is 2.30. The zero-order chi connectivity index (χ0) is 14.7. The number of nitrogens with zero attached hydrogens (tertiary/aromatic N) is 1. The zero-order valence-electron chi connectivity index (χ0n) is 10.8. The van der Waals surface area contributed by atoms with Crippen LogP contribution in [-0.2, 0) is 0 Å². The molecule has 0 aromatic carbocycles. The molecule has 2 aromatic rings. The van der Waals surface area contributed by atoms with Crippen LogP contribution < -0.4 is 17.0 Å². The number of nitrogens with one attached hydrogen (secondary N) is 1. The number of hydrogen-bond acceptors (Lipinski definition) is 6. The molecule has 0 spiro atoms. The van der Waals surface area contributed by atoms with Gasteiger partial charge in [-0.05, 0) is 18.6 Å². The van der Waals surface area contributed by atoms with E-state index in [-0.39, 0.29) is 22.7 Å². The summed E-state index contributed by atoms with van der Waals surface area (Å²) in [6.45, 7) is 2.02. The Labute approximate surface area is 129 Å². The molecule has 0 bridgehead atoms. The van der Waals surface area contributed by atoms with Crippen molar-refractivity contribution < 1.29 is 0 Å². The number of anilines is 1. The lowest BCUT2D eigenvalue weighted by molar-refractivity contribution is 0.638. The van der Waals surface area contributed by atoms with Crippen LogP contribution in [0.1, 0.15) is 23.5 Å². The fraction of sp³-hybridized carbons (Fsp3) is 0.333. The highest BCUT2D eigenvalue weighted by molar-refractivity contribution is 7.99. The number of rotatable bonds is 5. The van der Waals surface area contributed by atoms with E-state index in [4.69, 9.17) is 23.1 Å². The van der Waals surface area contributed by atoms with E-state index in [1.807, 2.05) is 19.1 Å². The maximum absolute atomic E-state index is 11.4. The number of thioether (sulfide) groups is 1. The molecule has 0 aliphatic carbocycles. The summed E-state index contributed by atoms with van der Waals surface area (Å²) in [5, 5.41) is 0.441. The second-order valence-electron chi connectivity index (χ2n) is 4.23. The predicted molar refractivity (Wildman–Crippen MR) is 85.5 cm³/mol. The Hall–Kier alpha value is -1.02. The summed E-state index contributed by atoms with van der Waals surface area (Å²) in [6, 6.07) is 4.97. The van der Waals surface area contributed by atoms with Crippen LogP contribution in [0.5, 0.6) is 0 Å². The molecule has 8 heteroatoms. The standard InChI is InChI=1S/C12H15ClN4OS2/c1-2-6(14)11(7-3-4-8(13)19-7)20-12-16-9(15)5-10(18)17-12/h3-6,11H,2,14H2,1H3,(H3,15,16,17,18). The molecule has 2 rings (SSSR count). The molecular formula is C12H15ClN4OS2. The summed E-state index contributed by atoms with van der Waals surface area (Å²) in [5.74, 6) is 0.198. The van der Waals surface area contributed by atoms with Crippen molar-refractivity contribution in [3.63, 3.8) is 0 Å². The fourth-order valence-electron chi connectivity index (χ4n) is 1.68. The Morgan fingerprint density at radius 1 is 1.55 bits per heavy atom. The summed E-state index contributed by atoms with van der Waals surface area (Å²) in [4.78, 5) is 19.3. The molecule has 0 saturated heterocycles. The smallest absolute Gasteiger partial charge is 0.253 e. The molecule has 5 N–H and O–H groups in total. The Bertz CT molecular complexity index is 642. The van der Waals surface area contributed by atoms with Crippen LogP contribution in [0.3, 0.4) is 0 Å². The molecule has 5 nitrogen and oxygen atoms in total. The SMILES string of the molecule is CCC(N)C(Sc1nc(N)cc(=O)[nH]1)c1ccc(Cl)s1. The Morgan fingerprint density at radius 2 is 2.30 bits per heavy atom. The van der Waals surface area contributed by atoms with Crippen molar-refractivity contribution >= 4 is 40.5 Å². The summed E-state index contributed by atoms with van der Waals surface area (Å²) in [7, 11) is 0. The van der Waals surface area contributed by atoms with Crippen LogP contribution in [0, 0.1) is 0 Å². The van der Waals surface area contributed by atoms with Gasteiger partial charge in [0.2, 0.25) is 0 Å². The minimum atomic E-state index is -0.270. The molecule has 108 valence electrons. The van der Waals surface area contributed by atoms with E-state index < -0.39 is 0 Å². The van der Waals surface area contributed by atoms with Crippen molar-refractivity contribution in [1.82, 2.24) is 9.97 Å². The van der Waals surface area contributed by atoms with Crippen molar-refractivity contribution in [3.05, 3.63) is 37.8 Å². The molecular weight excluding hydrogens is 316 g/mol. The molecule has 0 aliphatic rings. The molecule has 0 amide bonds. The first-order chi connectivity index (χ1) is 9.49. The first-order valence-corrected chi connectivity index (χ1v) is 8.11. The summed E-state index contributed by atoms with van der Waals surface area (Å²) >= 11 is 8.86. The summed E-state index contributed by atoms with van der Waals surface area (Å²) < 4.78 is 0.711. The topological polar surface area (TPSA) is 97.8 Å².